The highest BCUT2D eigenvalue weighted by molar-refractivity contribution is 5.39. The van der Waals surface area contributed by atoms with E-state index in [1.54, 1.807) is 7.11 Å². The zero-order valence-electron chi connectivity index (χ0n) is 10.4. The molecule has 0 aliphatic carbocycles. The molecule has 0 bridgehead atoms. The number of nitrogens with zero attached hydrogens (tertiary/aromatic N) is 2. The predicted molar refractivity (Wildman–Crippen MR) is 68.0 cm³/mol. The van der Waals surface area contributed by atoms with E-state index in [1.807, 2.05) is 28.8 Å². The third kappa shape index (κ3) is 3.28. The van der Waals surface area contributed by atoms with E-state index in [2.05, 4.69) is 23.4 Å². The number of aromatic nitrogens is 2. The highest BCUT2D eigenvalue weighted by Crippen LogP contribution is 2.04. The van der Waals surface area contributed by atoms with E-state index in [1.165, 1.54) is 0 Å². The Bertz CT molecular complexity index is 433. The highest BCUT2D eigenvalue weighted by Gasteiger charge is 2.04. The first kappa shape index (κ1) is 12.1. The zero-order valence-corrected chi connectivity index (χ0v) is 10.4. The molecule has 2 aromatic rings. The average molecular weight is 233 g/mol. The van der Waals surface area contributed by atoms with Crippen LogP contribution in [0.4, 0.5) is 0 Å². The summed E-state index contributed by atoms with van der Waals surface area (Å²) >= 11 is 0. The van der Waals surface area contributed by atoms with Gasteiger partial charge in [-0.3, -0.25) is 0 Å². The minimum atomic E-state index is 0.444. The molecule has 0 aromatic carbocycles. The molecular formula is C13H19N3O. The Labute approximate surface area is 102 Å². The summed E-state index contributed by atoms with van der Waals surface area (Å²) < 4.78 is 7.09. The van der Waals surface area contributed by atoms with E-state index in [0.717, 1.165) is 30.9 Å². The number of fused-ring (bicyclic) bond motifs is 1. The summed E-state index contributed by atoms with van der Waals surface area (Å²) in [6.07, 6.45) is 5.09. The van der Waals surface area contributed by atoms with Gasteiger partial charge in [0.25, 0.3) is 0 Å². The Kier molecular flexibility index (Phi) is 4.12. The van der Waals surface area contributed by atoms with Crippen molar-refractivity contribution in [3.8, 4) is 0 Å². The minimum Gasteiger partial charge on any atom is -0.385 e. The first-order chi connectivity index (χ1) is 8.29. The molecule has 2 heterocycles. The van der Waals surface area contributed by atoms with Gasteiger partial charge in [-0.25, -0.2) is 4.98 Å². The molecule has 17 heavy (non-hydrogen) atoms. The number of methoxy groups -OCH3 is 1. The van der Waals surface area contributed by atoms with Crippen LogP contribution in [-0.2, 0) is 11.3 Å². The second-order valence-corrected chi connectivity index (χ2v) is 4.26. The summed E-state index contributed by atoms with van der Waals surface area (Å²) in [6, 6.07) is 6.46. The number of hydrogen-bond acceptors (Lipinski definition) is 3. The fourth-order valence-corrected chi connectivity index (χ4v) is 1.75. The van der Waals surface area contributed by atoms with E-state index in [9.17, 15) is 0 Å². The monoisotopic (exact) mass is 233 g/mol. The lowest BCUT2D eigenvalue weighted by Gasteiger charge is -2.11. The Morgan fingerprint density at radius 2 is 2.35 bits per heavy atom. The Balaban J connectivity index is 1.90. The second kappa shape index (κ2) is 5.80. The molecular weight excluding hydrogens is 214 g/mol. The lowest BCUT2D eigenvalue weighted by Crippen LogP contribution is -2.26. The number of pyridine rings is 1. The molecule has 1 N–H and O–H groups in total. The van der Waals surface area contributed by atoms with Gasteiger partial charge < -0.3 is 14.5 Å². The maximum absolute atomic E-state index is 5.05. The van der Waals surface area contributed by atoms with Crippen LogP contribution in [0.3, 0.4) is 0 Å². The summed E-state index contributed by atoms with van der Waals surface area (Å²) in [6.45, 7) is 3.75. The predicted octanol–water partition coefficient (Wildman–Crippen LogP) is 1.85. The minimum absolute atomic E-state index is 0.444. The van der Waals surface area contributed by atoms with Crippen LogP contribution in [0.2, 0.25) is 0 Å². The van der Waals surface area contributed by atoms with Gasteiger partial charge in [0.15, 0.2) is 0 Å². The lowest BCUT2D eigenvalue weighted by atomic mass is 10.2. The summed E-state index contributed by atoms with van der Waals surface area (Å²) in [7, 11) is 1.73. The summed E-state index contributed by atoms with van der Waals surface area (Å²) in [5.41, 5.74) is 2.06. The van der Waals surface area contributed by atoms with Crippen LogP contribution in [0.5, 0.6) is 0 Å². The van der Waals surface area contributed by atoms with Crippen molar-refractivity contribution in [2.75, 3.05) is 13.7 Å². The van der Waals surface area contributed by atoms with Crippen molar-refractivity contribution in [3.05, 3.63) is 36.3 Å². The van der Waals surface area contributed by atoms with Gasteiger partial charge in [0.05, 0.1) is 5.69 Å². The molecule has 2 rings (SSSR count). The molecule has 0 saturated heterocycles. The SMILES string of the molecule is COCCC(C)NCc1cn2ccccc2n1. The number of imidazole rings is 1. The largest absolute Gasteiger partial charge is 0.385 e. The molecule has 0 aliphatic heterocycles. The van der Waals surface area contributed by atoms with Gasteiger partial charge in [-0.2, -0.15) is 0 Å². The maximum atomic E-state index is 5.05. The van der Waals surface area contributed by atoms with Crippen molar-refractivity contribution in [3.63, 3.8) is 0 Å². The molecule has 4 nitrogen and oxygen atoms in total. The third-order valence-corrected chi connectivity index (χ3v) is 2.80. The smallest absolute Gasteiger partial charge is 0.137 e. The first-order valence-electron chi connectivity index (χ1n) is 5.94. The van der Waals surface area contributed by atoms with E-state index in [-0.39, 0.29) is 0 Å². The average Bonchev–Trinajstić information content (AvgIpc) is 2.76. The van der Waals surface area contributed by atoms with Gasteiger partial charge in [0.2, 0.25) is 0 Å². The standard InChI is InChI=1S/C13H19N3O/c1-11(6-8-17-2)14-9-12-10-16-7-4-3-5-13(16)15-12/h3-5,7,10-11,14H,6,8-9H2,1-2H3. The van der Waals surface area contributed by atoms with Crippen LogP contribution in [0.15, 0.2) is 30.6 Å². The van der Waals surface area contributed by atoms with Crippen LogP contribution in [0, 0.1) is 0 Å². The van der Waals surface area contributed by atoms with E-state index < -0.39 is 0 Å². The normalized spacial score (nSPS) is 13.1. The number of rotatable bonds is 6. The Morgan fingerprint density at radius 1 is 1.47 bits per heavy atom. The molecule has 1 atom stereocenters. The van der Waals surface area contributed by atoms with Gasteiger partial charge in [-0.1, -0.05) is 6.07 Å². The van der Waals surface area contributed by atoms with Gasteiger partial charge >= 0.3 is 0 Å². The Morgan fingerprint density at radius 3 is 3.12 bits per heavy atom. The lowest BCUT2D eigenvalue weighted by molar-refractivity contribution is 0.184. The topological polar surface area (TPSA) is 38.6 Å². The van der Waals surface area contributed by atoms with Gasteiger partial charge in [-0.15, -0.1) is 0 Å². The van der Waals surface area contributed by atoms with Gasteiger partial charge in [0, 0.05) is 38.7 Å². The summed E-state index contributed by atoms with van der Waals surface area (Å²) in [4.78, 5) is 4.53. The van der Waals surface area contributed by atoms with Gasteiger partial charge in [0.1, 0.15) is 5.65 Å². The number of nitrogens with one attached hydrogen (secondary N) is 1. The van der Waals surface area contributed by atoms with Crippen LogP contribution < -0.4 is 5.32 Å². The van der Waals surface area contributed by atoms with Crippen molar-refractivity contribution >= 4 is 5.65 Å². The summed E-state index contributed by atoms with van der Waals surface area (Å²) in [5.74, 6) is 0. The fourth-order valence-electron chi connectivity index (χ4n) is 1.75. The first-order valence-corrected chi connectivity index (χ1v) is 5.94. The molecule has 0 fully saturated rings. The molecule has 0 saturated carbocycles. The van der Waals surface area contributed by atoms with Crippen molar-refractivity contribution in [1.29, 1.82) is 0 Å². The fraction of sp³-hybridized carbons (Fsp3) is 0.462. The Hall–Kier alpha value is -1.39. The molecule has 0 aliphatic rings. The summed E-state index contributed by atoms with van der Waals surface area (Å²) in [5, 5.41) is 3.44. The van der Waals surface area contributed by atoms with Crippen LogP contribution >= 0.6 is 0 Å². The quantitative estimate of drug-likeness (QED) is 0.827. The molecule has 4 heteroatoms. The van der Waals surface area contributed by atoms with Crippen LogP contribution in [0.25, 0.3) is 5.65 Å². The van der Waals surface area contributed by atoms with E-state index in [4.69, 9.17) is 4.74 Å². The molecule has 2 aromatic heterocycles. The van der Waals surface area contributed by atoms with E-state index in [0.29, 0.717) is 6.04 Å². The van der Waals surface area contributed by atoms with Crippen LogP contribution in [-0.4, -0.2) is 29.1 Å². The molecule has 92 valence electrons. The molecule has 0 radical (unpaired) electrons. The van der Waals surface area contributed by atoms with Crippen molar-refractivity contribution in [2.45, 2.75) is 25.9 Å². The molecule has 0 amide bonds. The number of ether oxygens (including phenoxy) is 1. The van der Waals surface area contributed by atoms with Crippen molar-refractivity contribution in [2.24, 2.45) is 0 Å². The zero-order chi connectivity index (χ0) is 12.1. The van der Waals surface area contributed by atoms with Gasteiger partial charge in [-0.05, 0) is 25.5 Å². The third-order valence-electron chi connectivity index (χ3n) is 2.80. The molecule has 1 unspecified atom stereocenters. The van der Waals surface area contributed by atoms with Crippen LogP contribution in [0.1, 0.15) is 19.0 Å². The highest BCUT2D eigenvalue weighted by atomic mass is 16.5. The van der Waals surface area contributed by atoms with Crippen molar-refractivity contribution in [1.82, 2.24) is 14.7 Å². The number of hydrogen-bond donors (Lipinski definition) is 1. The second-order valence-electron chi connectivity index (χ2n) is 4.26. The maximum Gasteiger partial charge on any atom is 0.137 e. The van der Waals surface area contributed by atoms with E-state index >= 15 is 0 Å². The molecule has 0 spiro atoms. The van der Waals surface area contributed by atoms with Crippen molar-refractivity contribution < 1.29 is 4.74 Å².